The Morgan fingerprint density at radius 3 is 2.70 bits per heavy atom. The van der Waals surface area contributed by atoms with Gasteiger partial charge in [-0.25, -0.2) is 0 Å². The fourth-order valence-electron chi connectivity index (χ4n) is 2.70. The molecule has 1 heterocycles. The molecule has 0 saturated carbocycles. The highest BCUT2D eigenvalue weighted by Crippen LogP contribution is 2.28. The summed E-state index contributed by atoms with van der Waals surface area (Å²) in [6.07, 6.45) is 4.02. The van der Waals surface area contributed by atoms with Crippen LogP contribution in [0.2, 0.25) is 0 Å². The van der Waals surface area contributed by atoms with Crippen molar-refractivity contribution in [1.29, 1.82) is 0 Å². The van der Waals surface area contributed by atoms with Gasteiger partial charge in [0.25, 0.3) is 0 Å². The number of rotatable bonds is 4. The molecule has 1 unspecified atom stereocenters. The SMILES string of the molecule is CCNC(c1cnn(C)c1)c1cccc2ccccc12. The van der Waals surface area contributed by atoms with E-state index in [0.29, 0.717) is 0 Å². The van der Waals surface area contributed by atoms with Gasteiger partial charge in [-0.15, -0.1) is 0 Å². The first-order valence-corrected chi connectivity index (χ1v) is 6.99. The molecule has 0 amide bonds. The first-order chi connectivity index (χ1) is 9.79. The average Bonchev–Trinajstić information content (AvgIpc) is 2.91. The Morgan fingerprint density at radius 2 is 1.95 bits per heavy atom. The summed E-state index contributed by atoms with van der Waals surface area (Å²) in [5.74, 6) is 0. The fourth-order valence-corrected chi connectivity index (χ4v) is 2.70. The van der Waals surface area contributed by atoms with Crippen LogP contribution >= 0.6 is 0 Å². The van der Waals surface area contributed by atoms with Crippen molar-refractivity contribution < 1.29 is 0 Å². The van der Waals surface area contributed by atoms with Gasteiger partial charge in [0.1, 0.15) is 0 Å². The first-order valence-electron chi connectivity index (χ1n) is 6.99. The van der Waals surface area contributed by atoms with E-state index in [1.165, 1.54) is 21.9 Å². The van der Waals surface area contributed by atoms with Crippen LogP contribution in [-0.2, 0) is 7.05 Å². The number of fused-ring (bicyclic) bond motifs is 1. The molecule has 20 heavy (non-hydrogen) atoms. The summed E-state index contributed by atoms with van der Waals surface area (Å²) in [7, 11) is 1.95. The van der Waals surface area contributed by atoms with E-state index in [1.54, 1.807) is 0 Å². The van der Waals surface area contributed by atoms with Crippen LogP contribution in [0.5, 0.6) is 0 Å². The molecule has 3 heteroatoms. The number of hydrogen-bond acceptors (Lipinski definition) is 2. The van der Waals surface area contributed by atoms with E-state index in [4.69, 9.17) is 0 Å². The van der Waals surface area contributed by atoms with E-state index >= 15 is 0 Å². The second-order valence-electron chi connectivity index (χ2n) is 5.01. The Bertz CT molecular complexity index is 710. The molecular formula is C17H19N3. The van der Waals surface area contributed by atoms with Crippen LogP contribution in [0.1, 0.15) is 24.1 Å². The maximum atomic E-state index is 4.30. The Morgan fingerprint density at radius 1 is 1.15 bits per heavy atom. The number of aryl methyl sites for hydroxylation is 1. The van der Waals surface area contributed by atoms with Gasteiger partial charge in [-0.1, -0.05) is 49.4 Å². The first kappa shape index (κ1) is 12.9. The maximum absolute atomic E-state index is 4.30. The van der Waals surface area contributed by atoms with Crippen molar-refractivity contribution in [3.8, 4) is 0 Å². The van der Waals surface area contributed by atoms with Gasteiger partial charge < -0.3 is 5.32 Å². The van der Waals surface area contributed by atoms with E-state index < -0.39 is 0 Å². The van der Waals surface area contributed by atoms with Gasteiger partial charge in [0, 0.05) is 18.8 Å². The third kappa shape index (κ3) is 2.32. The largest absolute Gasteiger partial charge is 0.306 e. The zero-order chi connectivity index (χ0) is 13.9. The predicted molar refractivity (Wildman–Crippen MR) is 82.7 cm³/mol. The molecule has 0 aliphatic carbocycles. The van der Waals surface area contributed by atoms with Gasteiger partial charge in [-0.3, -0.25) is 4.68 Å². The molecule has 2 aromatic carbocycles. The lowest BCUT2D eigenvalue weighted by molar-refractivity contribution is 0.633. The van der Waals surface area contributed by atoms with Crippen molar-refractivity contribution >= 4 is 10.8 Å². The summed E-state index contributed by atoms with van der Waals surface area (Å²) >= 11 is 0. The zero-order valence-electron chi connectivity index (χ0n) is 11.9. The Hall–Kier alpha value is -2.13. The molecule has 102 valence electrons. The third-order valence-electron chi connectivity index (χ3n) is 3.60. The number of hydrogen-bond donors (Lipinski definition) is 1. The minimum absolute atomic E-state index is 0.180. The normalized spacial score (nSPS) is 12.7. The lowest BCUT2D eigenvalue weighted by atomic mass is 9.95. The summed E-state index contributed by atoms with van der Waals surface area (Å²) in [4.78, 5) is 0. The van der Waals surface area contributed by atoms with Gasteiger partial charge >= 0.3 is 0 Å². The van der Waals surface area contributed by atoms with Crippen LogP contribution in [0.4, 0.5) is 0 Å². The Balaban J connectivity index is 2.14. The van der Waals surface area contributed by atoms with E-state index in [2.05, 4.69) is 66.0 Å². The maximum Gasteiger partial charge on any atom is 0.0613 e. The highest BCUT2D eigenvalue weighted by atomic mass is 15.2. The molecule has 1 aromatic heterocycles. The van der Waals surface area contributed by atoms with E-state index in [0.717, 1.165) is 6.54 Å². The molecule has 0 spiro atoms. The second kappa shape index (κ2) is 5.47. The second-order valence-corrected chi connectivity index (χ2v) is 5.01. The quantitative estimate of drug-likeness (QED) is 0.784. The molecule has 0 aliphatic heterocycles. The number of benzene rings is 2. The monoisotopic (exact) mass is 265 g/mol. The summed E-state index contributed by atoms with van der Waals surface area (Å²) in [5.41, 5.74) is 2.50. The van der Waals surface area contributed by atoms with Crippen LogP contribution in [0.25, 0.3) is 10.8 Å². The van der Waals surface area contributed by atoms with Gasteiger partial charge in [0.2, 0.25) is 0 Å². The lowest BCUT2D eigenvalue weighted by Crippen LogP contribution is -2.21. The van der Waals surface area contributed by atoms with Gasteiger partial charge in [0.15, 0.2) is 0 Å². The number of nitrogens with zero attached hydrogens (tertiary/aromatic N) is 2. The lowest BCUT2D eigenvalue weighted by Gasteiger charge is -2.19. The van der Waals surface area contributed by atoms with Crippen molar-refractivity contribution in [2.24, 2.45) is 7.05 Å². The molecular weight excluding hydrogens is 246 g/mol. The van der Waals surface area contributed by atoms with Crippen molar-refractivity contribution in [3.63, 3.8) is 0 Å². The summed E-state index contributed by atoms with van der Waals surface area (Å²) < 4.78 is 1.85. The predicted octanol–water partition coefficient (Wildman–Crippen LogP) is 3.27. The van der Waals surface area contributed by atoms with Crippen molar-refractivity contribution in [1.82, 2.24) is 15.1 Å². The zero-order valence-corrected chi connectivity index (χ0v) is 11.9. The van der Waals surface area contributed by atoms with E-state index in [1.807, 2.05) is 17.9 Å². The Kier molecular flexibility index (Phi) is 3.52. The van der Waals surface area contributed by atoms with Crippen molar-refractivity contribution in [3.05, 3.63) is 66.0 Å². The smallest absolute Gasteiger partial charge is 0.0613 e. The topological polar surface area (TPSA) is 29.9 Å². The van der Waals surface area contributed by atoms with Crippen LogP contribution in [0.15, 0.2) is 54.9 Å². The molecule has 0 fully saturated rings. The molecule has 0 radical (unpaired) electrons. The molecule has 3 aromatic rings. The molecule has 0 bridgehead atoms. The molecule has 0 saturated heterocycles. The molecule has 1 N–H and O–H groups in total. The van der Waals surface area contributed by atoms with E-state index in [9.17, 15) is 0 Å². The molecule has 0 aliphatic rings. The fraction of sp³-hybridized carbons (Fsp3) is 0.235. The highest BCUT2D eigenvalue weighted by Gasteiger charge is 2.16. The van der Waals surface area contributed by atoms with Crippen LogP contribution < -0.4 is 5.32 Å². The van der Waals surface area contributed by atoms with E-state index in [-0.39, 0.29) is 6.04 Å². The van der Waals surface area contributed by atoms with Crippen molar-refractivity contribution in [2.45, 2.75) is 13.0 Å². The Labute approximate surface area is 119 Å². The molecule has 1 atom stereocenters. The van der Waals surface area contributed by atoms with Crippen LogP contribution in [-0.4, -0.2) is 16.3 Å². The number of nitrogens with one attached hydrogen (secondary N) is 1. The third-order valence-corrected chi connectivity index (χ3v) is 3.60. The number of aromatic nitrogens is 2. The molecule has 3 rings (SSSR count). The van der Waals surface area contributed by atoms with Gasteiger partial charge in [-0.2, -0.15) is 5.10 Å². The summed E-state index contributed by atoms with van der Waals surface area (Å²) in [6.45, 7) is 3.05. The summed E-state index contributed by atoms with van der Waals surface area (Å²) in [5, 5.41) is 10.4. The van der Waals surface area contributed by atoms with Gasteiger partial charge in [-0.05, 0) is 22.9 Å². The standard InChI is InChI=1S/C17H19N3/c1-3-18-17(14-11-19-20(2)12-14)16-10-6-8-13-7-4-5-9-15(13)16/h4-12,17-18H,3H2,1-2H3. The van der Waals surface area contributed by atoms with Crippen LogP contribution in [0, 0.1) is 0 Å². The molecule has 3 nitrogen and oxygen atoms in total. The minimum atomic E-state index is 0.180. The average molecular weight is 265 g/mol. The van der Waals surface area contributed by atoms with Crippen LogP contribution in [0.3, 0.4) is 0 Å². The van der Waals surface area contributed by atoms with Gasteiger partial charge in [0.05, 0.1) is 12.2 Å². The summed E-state index contributed by atoms with van der Waals surface area (Å²) in [6, 6.07) is 15.2. The minimum Gasteiger partial charge on any atom is -0.306 e. The highest BCUT2D eigenvalue weighted by molar-refractivity contribution is 5.86. The van der Waals surface area contributed by atoms with Crippen molar-refractivity contribution in [2.75, 3.05) is 6.54 Å².